The number of esters is 1. The van der Waals surface area contributed by atoms with E-state index in [4.69, 9.17) is 14.5 Å². The van der Waals surface area contributed by atoms with Crippen LogP contribution >= 0.6 is 11.3 Å². The van der Waals surface area contributed by atoms with Gasteiger partial charge in [-0.3, -0.25) is 9.59 Å². The van der Waals surface area contributed by atoms with Gasteiger partial charge in [0, 0.05) is 23.3 Å². The summed E-state index contributed by atoms with van der Waals surface area (Å²) in [6, 6.07) is 8.12. The summed E-state index contributed by atoms with van der Waals surface area (Å²) < 4.78 is 12.6. The van der Waals surface area contributed by atoms with E-state index in [9.17, 15) is 19.8 Å². The van der Waals surface area contributed by atoms with Crippen LogP contribution in [-0.2, 0) is 24.5 Å². The van der Waals surface area contributed by atoms with E-state index in [1.807, 2.05) is 44.4 Å². The van der Waals surface area contributed by atoms with Gasteiger partial charge >= 0.3 is 5.97 Å². The fraction of sp³-hybridized carbons (Fsp3) is 0.622. The van der Waals surface area contributed by atoms with Crippen LogP contribution in [0.2, 0.25) is 0 Å². The quantitative estimate of drug-likeness (QED) is 0.349. The molecule has 0 spiro atoms. The number of hydrogen-bond donors (Lipinski definition) is 2. The van der Waals surface area contributed by atoms with E-state index in [1.165, 1.54) is 5.56 Å². The van der Waals surface area contributed by atoms with E-state index in [-0.39, 0.29) is 35.7 Å². The van der Waals surface area contributed by atoms with Crippen molar-refractivity contribution in [3.63, 3.8) is 0 Å². The minimum absolute atomic E-state index is 0.0202. The van der Waals surface area contributed by atoms with Crippen molar-refractivity contribution < 1.29 is 29.3 Å². The van der Waals surface area contributed by atoms with Gasteiger partial charge in [0.25, 0.3) is 0 Å². The van der Waals surface area contributed by atoms with Crippen molar-refractivity contribution in [2.24, 2.45) is 22.2 Å². The lowest BCUT2D eigenvalue weighted by Crippen LogP contribution is -2.46. The Labute approximate surface area is 278 Å². The topological polar surface area (TPSA) is 118 Å². The van der Waals surface area contributed by atoms with Crippen molar-refractivity contribution >= 4 is 35.1 Å². The Morgan fingerprint density at radius 3 is 2.35 bits per heavy atom. The molecule has 2 N–H and O–H groups in total. The lowest BCUT2D eigenvalue weighted by Gasteiger charge is -2.34. The second kappa shape index (κ2) is 14.5. The molecule has 2 aromatic rings. The van der Waals surface area contributed by atoms with Crippen LogP contribution in [-0.4, -0.2) is 63.3 Å². The highest BCUT2D eigenvalue weighted by Gasteiger charge is 2.43. The smallest absolute Gasteiger partial charge is 0.309 e. The summed E-state index contributed by atoms with van der Waals surface area (Å²) in [6.07, 6.45) is 0.959. The molecular weight excluding hydrogens is 600 g/mol. The molecule has 2 aliphatic rings. The number of Topliss-reactive ketones (excluding diaryl/α,β-unsaturated/α-hetero) is 1. The van der Waals surface area contributed by atoms with Gasteiger partial charge in [0.2, 0.25) is 5.90 Å². The molecule has 0 radical (unpaired) electrons. The number of hydrogen-bond acceptors (Lipinski definition) is 9. The van der Waals surface area contributed by atoms with E-state index in [1.54, 1.807) is 32.1 Å². The molecule has 252 valence electrons. The maximum atomic E-state index is 13.5. The number of ether oxygens (including phenoxy) is 2. The molecule has 0 bridgehead atoms. The van der Waals surface area contributed by atoms with Crippen LogP contribution in [0.1, 0.15) is 109 Å². The number of fused-ring (bicyclic) bond motifs is 1. The number of rotatable bonds is 3. The van der Waals surface area contributed by atoms with Crippen LogP contribution in [0.4, 0.5) is 0 Å². The molecule has 2 aliphatic heterocycles. The van der Waals surface area contributed by atoms with Gasteiger partial charge in [-0.1, -0.05) is 67.0 Å². The van der Waals surface area contributed by atoms with Crippen LogP contribution in [0.5, 0.6) is 0 Å². The number of cyclic esters (lactones) is 1. The number of aliphatic hydroxyl groups is 2. The molecule has 3 heterocycles. The first-order chi connectivity index (χ1) is 21.5. The Hall–Kier alpha value is -2.88. The number of aliphatic imine (C=N–C) groups is 1. The van der Waals surface area contributed by atoms with Crippen LogP contribution in [0.25, 0.3) is 6.08 Å². The van der Waals surface area contributed by atoms with E-state index in [0.717, 1.165) is 28.3 Å². The second-order valence-electron chi connectivity index (χ2n) is 14.9. The number of aryl methyl sites for hydroxylation is 1. The maximum absolute atomic E-state index is 13.5. The number of ketones is 1. The normalized spacial score (nSPS) is 30.3. The van der Waals surface area contributed by atoms with E-state index < -0.39 is 35.6 Å². The minimum atomic E-state index is -1.28. The van der Waals surface area contributed by atoms with Crippen molar-refractivity contribution in [3.8, 4) is 0 Å². The van der Waals surface area contributed by atoms with Crippen LogP contribution in [0.3, 0.4) is 0 Å². The van der Waals surface area contributed by atoms with Crippen LogP contribution in [0.15, 0.2) is 40.2 Å². The molecule has 8 nitrogen and oxygen atoms in total. The largest absolute Gasteiger partial charge is 0.472 e. The summed E-state index contributed by atoms with van der Waals surface area (Å²) >= 11 is 1.55. The lowest BCUT2D eigenvalue weighted by molar-refractivity contribution is -0.155. The van der Waals surface area contributed by atoms with E-state index in [0.29, 0.717) is 25.2 Å². The van der Waals surface area contributed by atoms with Gasteiger partial charge in [-0.2, -0.15) is 0 Å². The molecule has 46 heavy (non-hydrogen) atoms. The molecule has 0 aliphatic carbocycles. The summed E-state index contributed by atoms with van der Waals surface area (Å²) in [6.45, 7) is 17.3. The van der Waals surface area contributed by atoms with Crippen molar-refractivity contribution in [2.75, 3.05) is 0 Å². The van der Waals surface area contributed by atoms with E-state index >= 15 is 0 Å². The van der Waals surface area contributed by atoms with Gasteiger partial charge in [-0.25, -0.2) is 9.98 Å². The third-order valence-corrected chi connectivity index (χ3v) is 10.5. The highest BCUT2D eigenvalue weighted by atomic mass is 32.1. The molecular formula is C37H52N2O6S. The SMILES string of the molecule is C/C(=C\c1csc(C)n1)[C@@H]1C[C@@H]2OC(c3ccc(C(C)(C)C)cc3)=N[C@H]2CCC[C@H](C)[C@H](O)[C@@H](C)C(=O)C(C)(C)[C@@H](O)CC(=O)O1. The van der Waals surface area contributed by atoms with Crippen molar-refractivity contribution in [1.29, 1.82) is 0 Å². The Bertz CT molecular complexity index is 1440. The number of carbonyl (C=O) groups excluding carboxylic acids is 2. The van der Waals surface area contributed by atoms with Gasteiger partial charge in [-0.15, -0.1) is 11.3 Å². The second-order valence-corrected chi connectivity index (χ2v) is 15.9. The van der Waals surface area contributed by atoms with Gasteiger partial charge in [0.15, 0.2) is 0 Å². The molecule has 7 atom stereocenters. The number of nitrogens with zero attached hydrogens (tertiary/aromatic N) is 2. The number of thiazole rings is 1. The summed E-state index contributed by atoms with van der Waals surface area (Å²) in [5.41, 5.74) is 2.48. The first-order valence-electron chi connectivity index (χ1n) is 16.5. The van der Waals surface area contributed by atoms with Crippen LogP contribution in [0, 0.1) is 24.2 Å². The van der Waals surface area contributed by atoms with E-state index in [2.05, 4.69) is 37.9 Å². The predicted octanol–water partition coefficient (Wildman–Crippen LogP) is 6.83. The average molecular weight is 653 g/mol. The number of carbonyl (C=O) groups is 2. The zero-order chi connectivity index (χ0) is 34.0. The van der Waals surface area contributed by atoms with Crippen molar-refractivity contribution in [1.82, 2.24) is 4.98 Å². The zero-order valence-corrected chi connectivity index (χ0v) is 29.7. The van der Waals surface area contributed by atoms with Gasteiger partial charge in [-0.05, 0) is 67.4 Å². The van der Waals surface area contributed by atoms with Gasteiger partial charge < -0.3 is 19.7 Å². The molecule has 0 amide bonds. The first-order valence-corrected chi connectivity index (χ1v) is 17.4. The summed E-state index contributed by atoms with van der Waals surface area (Å²) in [5, 5.41) is 25.1. The predicted molar refractivity (Wildman–Crippen MR) is 183 cm³/mol. The minimum Gasteiger partial charge on any atom is -0.472 e. The average Bonchev–Trinajstić information content (AvgIpc) is 3.59. The molecule has 1 aromatic heterocycles. The highest BCUT2D eigenvalue weighted by Crippen LogP contribution is 2.34. The Kier molecular flexibility index (Phi) is 11.3. The maximum Gasteiger partial charge on any atom is 0.309 e. The molecule has 1 saturated heterocycles. The fourth-order valence-corrected chi connectivity index (χ4v) is 6.92. The molecule has 9 heteroatoms. The monoisotopic (exact) mass is 652 g/mol. The molecule has 1 aromatic carbocycles. The third-order valence-electron chi connectivity index (χ3n) is 9.71. The first kappa shape index (κ1) is 36.0. The number of benzene rings is 1. The number of aromatic nitrogens is 1. The van der Waals surface area contributed by atoms with Gasteiger partial charge in [0.1, 0.15) is 18.0 Å². The highest BCUT2D eigenvalue weighted by molar-refractivity contribution is 7.09. The fourth-order valence-electron chi connectivity index (χ4n) is 6.35. The standard InChI is InChI=1S/C37H52N2O6S/c1-21-11-10-12-28-30(45-35(39-28)25-13-15-26(16-14-25)36(5,6)7)18-29(22(2)17-27-20-46-24(4)38-27)44-32(41)19-31(40)37(8,9)34(43)23(3)33(21)42/h13-17,20-21,23,28-31,33,40,42H,10-12,18-19H2,1-9H3/b22-17+/t21-,23+,28-,29-,30-,31-,33-/m0/s1. The van der Waals surface area contributed by atoms with Gasteiger partial charge in [0.05, 0.1) is 40.8 Å². The molecule has 1 fully saturated rings. The molecule has 0 unspecified atom stereocenters. The lowest BCUT2D eigenvalue weighted by atomic mass is 9.73. The number of aliphatic hydroxyl groups excluding tert-OH is 2. The third kappa shape index (κ3) is 8.52. The Morgan fingerprint density at radius 1 is 1.07 bits per heavy atom. The Morgan fingerprint density at radius 2 is 1.74 bits per heavy atom. The van der Waals surface area contributed by atoms with Crippen molar-refractivity contribution in [3.05, 3.63) is 57.0 Å². The summed E-state index contributed by atoms with van der Waals surface area (Å²) in [4.78, 5) is 36.5. The zero-order valence-electron chi connectivity index (χ0n) is 28.9. The summed E-state index contributed by atoms with van der Waals surface area (Å²) in [5.74, 6) is -1.16. The van der Waals surface area contributed by atoms with Crippen molar-refractivity contribution in [2.45, 2.75) is 130 Å². The Balaban J connectivity index is 1.68. The van der Waals surface area contributed by atoms with Crippen LogP contribution < -0.4 is 0 Å². The molecule has 4 rings (SSSR count). The summed E-state index contributed by atoms with van der Waals surface area (Å²) in [7, 11) is 0. The molecule has 0 saturated carbocycles.